The van der Waals surface area contributed by atoms with E-state index in [4.69, 9.17) is 0 Å². The van der Waals surface area contributed by atoms with Gasteiger partial charge in [-0.2, -0.15) is 0 Å². The van der Waals surface area contributed by atoms with Crippen molar-refractivity contribution >= 4 is 40.9 Å². The zero-order chi connectivity index (χ0) is 19.4. The summed E-state index contributed by atoms with van der Waals surface area (Å²) in [5.41, 5.74) is 3.44. The van der Waals surface area contributed by atoms with Crippen LogP contribution in [-0.4, -0.2) is 29.5 Å². The molecule has 0 spiro atoms. The van der Waals surface area contributed by atoms with Crippen molar-refractivity contribution in [3.05, 3.63) is 53.6 Å². The highest BCUT2D eigenvalue weighted by Gasteiger charge is 2.28. The molecule has 2 aromatic carbocycles. The third-order valence-electron chi connectivity index (χ3n) is 4.27. The van der Waals surface area contributed by atoms with Crippen LogP contribution in [0.15, 0.2) is 47.4 Å². The van der Waals surface area contributed by atoms with Gasteiger partial charge in [-0.1, -0.05) is 30.3 Å². The third kappa shape index (κ3) is 4.68. The quantitative estimate of drug-likeness (QED) is 0.741. The number of anilines is 2. The summed E-state index contributed by atoms with van der Waals surface area (Å²) >= 11 is 1.36. The minimum absolute atomic E-state index is 0.0154. The Bertz CT molecular complexity index is 878. The van der Waals surface area contributed by atoms with E-state index in [0.29, 0.717) is 0 Å². The molecular weight excluding hydrogens is 362 g/mol. The highest BCUT2D eigenvalue weighted by atomic mass is 32.2. The van der Waals surface area contributed by atoms with Crippen LogP contribution in [-0.2, 0) is 14.4 Å². The molecule has 3 N–H and O–H groups in total. The summed E-state index contributed by atoms with van der Waals surface area (Å²) in [5.74, 6) is -0.834. The van der Waals surface area contributed by atoms with E-state index >= 15 is 0 Å². The molecular formula is C20H21N3O3S. The van der Waals surface area contributed by atoms with Crippen LogP contribution in [0.1, 0.15) is 17.5 Å². The SMILES string of the molecule is Cc1cccc(C)c1NC(=O)CNC(=O)C[C@H]1Sc2ccccc2NC1=O. The number of para-hydroxylation sites is 2. The largest absolute Gasteiger partial charge is 0.347 e. The van der Waals surface area contributed by atoms with Crippen molar-refractivity contribution in [1.29, 1.82) is 0 Å². The molecule has 1 aliphatic heterocycles. The van der Waals surface area contributed by atoms with Gasteiger partial charge in [-0.15, -0.1) is 11.8 Å². The fourth-order valence-corrected chi connectivity index (χ4v) is 3.95. The minimum Gasteiger partial charge on any atom is -0.347 e. The van der Waals surface area contributed by atoms with E-state index < -0.39 is 5.25 Å². The highest BCUT2D eigenvalue weighted by molar-refractivity contribution is 8.01. The average Bonchev–Trinajstić information content (AvgIpc) is 2.64. The van der Waals surface area contributed by atoms with Crippen molar-refractivity contribution in [3.63, 3.8) is 0 Å². The van der Waals surface area contributed by atoms with Gasteiger partial charge in [0.25, 0.3) is 0 Å². The summed E-state index contributed by atoms with van der Waals surface area (Å²) in [5, 5.41) is 7.70. The Balaban J connectivity index is 1.51. The van der Waals surface area contributed by atoms with Crippen LogP contribution in [0, 0.1) is 13.8 Å². The average molecular weight is 383 g/mol. The molecule has 140 valence electrons. The molecule has 3 amide bonds. The summed E-state index contributed by atoms with van der Waals surface area (Å²) < 4.78 is 0. The monoisotopic (exact) mass is 383 g/mol. The second kappa shape index (κ2) is 8.26. The van der Waals surface area contributed by atoms with E-state index in [9.17, 15) is 14.4 Å². The number of thioether (sulfide) groups is 1. The lowest BCUT2D eigenvalue weighted by molar-refractivity contribution is -0.125. The summed E-state index contributed by atoms with van der Waals surface area (Å²) in [6.45, 7) is 3.69. The maximum atomic E-state index is 12.2. The molecule has 7 heteroatoms. The summed E-state index contributed by atoms with van der Waals surface area (Å²) in [7, 11) is 0. The van der Waals surface area contributed by atoms with Crippen molar-refractivity contribution in [2.24, 2.45) is 0 Å². The Morgan fingerprint density at radius 2 is 1.74 bits per heavy atom. The number of rotatable bonds is 5. The molecule has 6 nitrogen and oxygen atoms in total. The molecule has 0 unspecified atom stereocenters. The van der Waals surface area contributed by atoms with E-state index in [1.54, 1.807) is 0 Å². The molecule has 3 rings (SSSR count). The van der Waals surface area contributed by atoms with Crippen LogP contribution in [0.2, 0.25) is 0 Å². The number of aryl methyl sites for hydroxylation is 2. The van der Waals surface area contributed by atoms with Crippen LogP contribution >= 0.6 is 11.8 Å². The first kappa shape index (κ1) is 19.0. The molecule has 27 heavy (non-hydrogen) atoms. The summed E-state index contributed by atoms with van der Waals surface area (Å²) in [6, 6.07) is 13.2. The number of benzene rings is 2. The van der Waals surface area contributed by atoms with E-state index in [-0.39, 0.29) is 30.7 Å². The van der Waals surface area contributed by atoms with Gasteiger partial charge in [0.15, 0.2) is 0 Å². The van der Waals surface area contributed by atoms with Gasteiger partial charge in [-0.05, 0) is 37.1 Å². The van der Waals surface area contributed by atoms with E-state index in [2.05, 4.69) is 16.0 Å². The van der Waals surface area contributed by atoms with Crippen molar-refractivity contribution < 1.29 is 14.4 Å². The Hall–Kier alpha value is -2.80. The molecule has 0 fully saturated rings. The molecule has 0 aromatic heterocycles. The number of nitrogens with one attached hydrogen (secondary N) is 3. The molecule has 0 radical (unpaired) electrons. The second-order valence-electron chi connectivity index (χ2n) is 6.39. The van der Waals surface area contributed by atoms with Gasteiger partial charge in [0.05, 0.1) is 17.5 Å². The number of fused-ring (bicyclic) bond motifs is 1. The standard InChI is InChI=1S/C20H21N3O3S/c1-12-6-5-7-13(2)19(12)23-18(25)11-21-17(24)10-16-20(26)22-14-8-3-4-9-15(14)27-16/h3-9,16H,10-11H2,1-2H3,(H,21,24)(H,22,26)(H,23,25)/t16-/m1/s1. The number of hydrogen-bond donors (Lipinski definition) is 3. The molecule has 2 aromatic rings. The fraction of sp³-hybridized carbons (Fsp3) is 0.250. The summed E-state index contributed by atoms with van der Waals surface area (Å²) in [4.78, 5) is 37.4. The molecule has 0 saturated heterocycles. The first-order valence-electron chi connectivity index (χ1n) is 8.63. The molecule has 0 saturated carbocycles. The topological polar surface area (TPSA) is 87.3 Å². The lowest BCUT2D eigenvalue weighted by Gasteiger charge is -2.23. The normalized spacial score (nSPS) is 15.5. The molecule has 0 bridgehead atoms. The van der Waals surface area contributed by atoms with Crippen LogP contribution in [0.3, 0.4) is 0 Å². The summed E-state index contributed by atoms with van der Waals surface area (Å²) in [6.07, 6.45) is 0.0154. The van der Waals surface area contributed by atoms with Crippen molar-refractivity contribution in [1.82, 2.24) is 5.32 Å². The molecule has 1 aliphatic rings. The Kier molecular flexibility index (Phi) is 5.81. The Morgan fingerprint density at radius 3 is 2.48 bits per heavy atom. The predicted octanol–water partition coefficient (Wildman–Crippen LogP) is 2.86. The predicted molar refractivity (Wildman–Crippen MR) is 107 cm³/mol. The van der Waals surface area contributed by atoms with Gasteiger partial charge in [0, 0.05) is 17.0 Å². The second-order valence-corrected chi connectivity index (χ2v) is 7.63. The van der Waals surface area contributed by atoms with Crippen LogP contribution in [0.4, 0.5) is 11.4 Å². The maximum absolute atomic E-state index is 12.2. The molecule has 0 aliphatic carbocycles. The Labute approximate surface area is 162 Å². The molecule has 1 atom stereocenters. The zero-order valence-corrected chi connectivity index (χ0v) is 16.0. The zero-order valence-electron chi connectivity index (χ0n) is 15.2. The molecule has 1 heterocycles. The van der Waals surface area contributed by atoms with Gasteiger partial charge in [-0.3, -0.25) is 14.4 Å². The van der Waals surface area contributed by atoms with Gasteiger partial charge >= 0.3 is 0 Å². The van der Waals surface area contributed by atoms with Crippen LogP contribution in [0.5, 0.6) is 0 Å². The first-order valence-corrected chi connectivity index (χ1v) is 9.51. The van der Waals surface area contributed by atoms with Gasteiger partial charge in [0.2, 0.25) is 17.7 Å². The van der Waals surface area contributed by atoms with Crippen LogP contribution in [0.25, 0.3) is 0 Å². The lowest BCUT2D eigenvalue weighted by atomic mass is 10.1. The number of amides is 3. The number of carbonyl (C=O) groups excluding carboxylic acids is 3. The van der Waals surface area contributed by atoms with E-state index in [1.807, 2.05) is 56.3 Å². The first-order chi connectivity index (χ1) is 12.9. The van der Waals surface area contributed by atoms with Gasteiger partial charge < -0.3 is 16.0 Å². The Morgan fingerprint density at radius 1 is 1.04 bits per heavy atom. The van der Waals surface area contributed by atoms with Gasteiger partial charge in [-0.25, -0.2) is 0 Å². The number of carbonyl (C=O) groups is 3. The highest BCUT2D eigenvalue weighted by Crippen LogP contribution is 2.36. The fourth-order valence-electron chi connectivity index (χ4n) is 2.84. The third-order valence-corrected chi connectivity index (χ3v) is 5.54. The van der Waals surface area contributed by atoms with Crippen LogP contribution < -0.4 is 16.0 Å². The van der Waals surface area contributed by atoms with E-state index in [0.717, 1.165) is 27.4 Å². The number of hydrogen-bond acceptors (Lipinski definition) is 4. The van der Waals surface area contributed by atoms with E-state index in [1.165, 1.54) is 11.8 Å². The van der Waals surface area contributed by atoms with Crippen molar-refractivity contribution in [2.45, 2.75) is 30.4 Å². The minimum atomic E-state index is -0.512. The van der Waals surface area contributed by atoms with Crippen molar-refractivity contribution in [2.75, 3.05) is 17.2 Å². The van der Waals surface area contributed by atoms with Crippen molar-refractivity contribution in [3.8, 4) is 0 Å². The maximum Gasteiger partial charge on any atom is 0.243 e. The lowest BCUT2D eigenvalue weighted by Crippen LogP contribution is -2.38. The van der Waals surface area contributed by atoms with Gasteiger partial charge in [0.1, 0.15) is 0 Å². The smallest absolute Gasteiger partial charge is 0.243 e.